The fourth-order valence-corrected chi connectivity index (χ4v) is 4.41. The largest absolute Gasteiger partial charge is 0.483 e. The van der Waals surface area contributed by atoms with Crippen molar-refractivity contribution in [2.24, 2.45) is 0 Å². The van der Waals surface area contributed by atoms with Crippen molar-refractivity contribution in [1.29, 1.82) is 5.41 Å². The molecule has 8 heteroatoms. The molecule has 1 aliphatic rings. The number of nitrogens with one attached hydrogen (secondary N) is 2. The summed E-state index contributed by atoms with van der Waals surface area (Å²) in [6.07, 6.45) is 1.68. The fourth-order valence-electron chi connectivity index (χ4n) is 3.18. The van der Waals surface area contributed by atoms with E-state index in [0.717, 1.165) is 21.8 Å². The molecule has 2 N–H and O–H groups in total. The van der Waals surface area contributed by atoms with E-state index >= 15 is 0 Å². The maximum atomic E-state index is 13.0. The second-order valence-corrected chi connectivity index (χ2v) is 9.22. The molecule has 0 atom stereocenters. The number of ether oxygens (including phenoxy) is 1. The lowest BCUT2D eigenvalue weighted by atomic mass is 10.2. The number of hydrogen-bond donors (Lipinski definition) is 2. The van der Waals surface area contributed by atoms with Crippen LogP contribution in [0.15, 0.2) is 82.2 Å². The first-order chi connectivity index (χ1) is 15.9. The summed E-state index contributed by atoms with van der Waals surface area (Å²) in [5.74, 6) is -0.106. The summed E-state index contributed by atoms with van der Waals surface area (Å²) < 4.78 is 6.57. The third-order valence-electron chi connectivity index (χ3n) is 4.79. The van der Waals surface area contributed by atoms with Crippen molar-refractivity contribution in [1.82, 2.24) is 0 Å². The minimum Gasteiger partial charge on any atom is -0.483 e. The number of thioether (sulfide) groups is 1. The number of amides is 2. The Balaban J connectivity index is 1.50. The SMILES string of the molecule is Cc1ccc(NC(=O)COc2ccc(Br)cc2/C=C2\SC(=N)N(c3ccccc3)C2=O)cc1. The second-order valence-electron chi connectivity index (χ2n) is 7.28. The number of nitrogens with zero attached hydrogens (tertiary/aromatic N) is 1. The number of hydrogen-bond acceptors (Lipinski definition) is 5. The van der Waals surface area contributed by atoms with E-state index in [-0.39, 0.29) is 23.6 Å². The molecule has 4 rings (SSSR count). The molecule has 166 valence electrons. The minimum absolute atomic E-state index is 0.132. The highest BCUT2D eigenvalue weighted by Crippen LogP contribution is 2.36. The molecule has 1 saturated heterocycles. The average Bonchev–Trinajstić information content (AvgIpc) is 3.08. The molecule has 1 fully saturated rings. The first-order valence-corrected chi connectivity index (χ1v) is 11.7. The molecule has 0 aliphatic carbocycles. The standard InChI is InChI=1S/C25H20BrN3O3S/c1-16-7-10-19(11-8-16)28-23(30)15-32-21-12-9-18(26)13-17(21)14-22-24(31)29(25(27)33-22)20-5-3-2-4-6-20/h2-14,27H,15H2,1H3,(H,28,30)/b22-14-,27-25?. The predicted octanol–water partition coefficient (Wildman–Crippen LogP) is 5.83. The van der Waals surface area contributed by atoms with Crippen LogP contribution < -0.4 is 15.0 Å². The molecule has 0 spiro atoms. The lowest BCUT2D eigenvalue weighted by Gasteiger charge is -2.14. The van der Waals surface area contributed by atoms with E-state index in [9.17, 15) is 9.59 Å². The Kier molecular flexibility index (Phi) is 6.96. The number of carbonyl (C=O) groups excluding carboxylic acids is 2. The molecule has 3 aromatic carbocycles. The highest BCUT2D eigenvalue weighted by atomic mass is 79.9. The lowest BCUT2D eigenvalue weighted by molar-refractivity contribution is -0.118. The van der Waals surface area contributed by atoms with Gasteiger partial charge in [-0.05, 0) is 67.2 Å². The zero-order valence-electron chi connectivity index (χ0n) is 17.7. The van der Waals surface area contributed by atoms with Crippen LogP contribution in [0, 0.1) is 12.3 Å². The van der Waals surface area contributed by atoms with E-state index < -0.39 is 0 Å². The van der Waals surface area contributed by atoms with Gasteiger partial charge in [-0.15, -0.1) is 0 Å². The van der Waals surface area contributed by atoms with Crippen LogP contribution in [0.5, 0.6) is 5.75 Å². The van der Waals surface area contributed by atoms with Crippen molar-refractivity contribution >= 4 is 62.1 Å². The molecule has 1 aliphatic heterocycles. The van der Waals surface area contributed by atoms with Crippen LogP contribution >= 0.6 is 27.7 Å². The number of benzene rings is 3. The molecule has 0 aromatic heterocycles. The van der Waals surface area contributed by atoms with Gasteiger partial charge in [-0.3, -0.25) is 19.9 Å². The summed E-state index contributed by atoms with van der Waals surface area (Å²) in [5.41, 5.74) is 3.07. The number of halogens is 1. The lowest BCUT2D eigenvalue weighted by Crippen LogP contribution is -2.27. The molecular formula is C25H20BrN3O3S. The van der Waals surface area contributed by atoms with Gasteiger partial charge in [0, 0.05) is 15.7 Å². The Morgan fingerprint density at radius 1 is 1.12 bits per heavy atom. The van der Waals surface area contributed by atoms with Crippen LogP contribution in [0.4, 0.5) is 11.4 Å². The van der Waals surface area contributed by atoms with Gasteiger partial charge < -0.3 is 10.1 Å². The maximum absolute atomic E-state index is 13.0. The first kappa shape index (κ1) is 22.8. The van der Waals surface area contributed by atoms with Crippen molar-refractivity contribution in [2.75, 3.05) is 16.8 Å². The highest BCUT2D eigenvalue weighted by Gasteiger charge is 2.33. The number of amidine groups is 1. The molecule has 2 amide bonds. The van der Waals surface area contributed by atoms with Gasteiger partial charge >= 0.3 is 0 Å². The molecule has 0 bridgehead atoms. The van der Waals surface area contributed by atoms with Gasteiger partial charge in [0.05, 0.1) is 10.6 Å². The Morgan fingerprint density at radius 3 is 2.58 bits per heavy atom. The summed E-state index contributed by atoms with van der Waals surface area (Å²) in [6.45, 7) is 1.80. The van der Waals surface area contributed by atoms with Crippen LogP contribution in [0.3, 0.4) is 0 Å². The summed E-state index contributed by atoms with van der Waals surface area (Å²) in [4.78, 5) is 27.1. The zero-order valence-corrected chi connectivity index (χ0v) is 20.1. The smallest absolute Gasteiger partial charge is 0.271 e. The first-order valence-electron chi connectivity index (χ1n) is 10.1. The summed E-state index contributed by atoms with van der Waals surface area (Å²) >= 11 is 4.53. The average molecular weight is 522 g/mol. The summed E-state index contributed by atoms with van der Waals surface area (Å²) in [7, 11) is 0. The van der Waals surface area contributed by atoms with Crippen molar-refractivity contribution in [2.45, 2.75) is 6.92 Å². The van der Waals surface area contributed by atoms with E-state index in [1.807, 2.05) is 55.5 Å². The quantitative estimate of drug-likeness (QED) is 0.399. The molecule has 6 nitrogen and oxygen atoms in total. The predicted molar refractivity (Wildman–Crippen MR) is 137 cm³/mol. The van der Waals surface area contributed by atoms with Gasteiger partial charge in [0.15, 0.2) is 11.8 Å². The number of para-hydroxylation sites is 1. The van der Waals surface area contributed by atoms with E-state index in [1.165, 1.54) is 4.90 Å². The van der Waals surface area contributed by atoms with Crippen molar-refractivity contribution in [3.05, 3.63) is 93.3 Å². The van der Waals surface area contributed by atoms with Crippen molar-refractivity contribution in [3.63, 3.8) is 0 Å². The Labute approximate surface area is 204 Å². The van der Waals surface area contributed by atoms with Crippen molar-refractivity contribution < 1.29 is 14.3 Å². The number of carbonyl (C=O) groups is 2. The van der Waals surface area contributed by atoms with Crippen LogP contribution in [-0.4, -0.2) is 23.6 Å². The van der Waals surface area contributed by atoms with Gasteiger partial charge in [-0.2, -0.15) is 0 Å². The monoisotopic (exact) mass is 521 g/mol. The number of aryl methyl sites for hydroxylation is 1. The zero-order chi connectivity index (χ0) is 23.4. The molecule has 0 radical (unpaired) electrons. The molecule has 0 unspecified atom stereocenters. The molecule has 1 heterocycles. The number of anilines is 2. The Bertz CT molecular complexity index is 1240. The van der Waals surface area contributed by atoms with E-state index in [4.69, 9.17) is 10.1 Å². The van der Waals surface area contributed by atoms with Gasteiger partial charge in [0.1, 0.15) is 5.75 Å². The molecular weight excluding hydrogens is 502 g/mol. The number of rotatable bonds is 6. The maximum Gasteiger partial charge on any atom is 0.271 e. The van der Waals surface area contributed by atoms with E-state index in [0.29, 0.717) is 27.6 Å². The normalized spacial score (nSPS) is 14.6. The molecule has 33 heavy (non-hydrogen) atoms. The van der Waals surface area contributed by atoms with E-state index in [2.05, 4.69) is 21.2 Å². The summed E-state index contributed by atoms with van der Waals surface area (Å²) in [6, 6.07) is 21.9. The van der Waals surface area contributed by atoms with Crippen LogP contribution in [-0.2, 0) is 9.59 Å². The van der Waals surface area contributed by atoms with Gasteiger partial charge in [0.25, 0.3) is 11.8 Å². The van der Waals surface area contributed by atoms with Crippen LogP contribution in [0.1, 0.15) is 11.1 Å². The third kappa shape index (κ3) is 5.53. The van der Waals surface area contributed by atoms with Gasteiger partial charge in [-0.1, -0.05) is 51.8 Å². The van der Waals surface area contributed by atoms with Crippen LogP contribution in [0.2, 0.25) is 0 Å². The molecule has 0 saturated carbocycles. The van der Waals surface area contributed by atoms with Gasteiger partial charge in [-0.25, -0.2) is 0 Å². The second kappa shape index (κ2) is 10.1. The third-order valence-corrected chi connectivity index (χ3v) is 6.17. The van der Waals surface area contributed by atoms with Crippen LogP contribution in [0.25, 0.3) is 6.08 Å². The van der Waals surface area contributed by atoms with E-state index in [1.54, 1.807) is 30.3 Å². The topological polar surface area (TPSA) is 82.5 Å². The summed E-state index contributed by atoms with van der Waals surface area (Å²) in [5, 5.41) is 11.2. The Morgan fingerprint density at radius 2 is 1.85 bits per heavy atom. The Hall–Kier alpha value is -3.36. The highest BCUT2D eigenvalue weighted by molar-refractivity contribution is 9.10. The molecule has 3 aromatic rings. The van der Waals surface area contributed by atoms with Crippen molar-refractivity contribution in [3.8, 4) is 5.75 Å². The van der Waals surface area contributed by atoms with Gasteiger partial charge in [0.2, 0.25) is 0 Å². The fraction of sp³-hybridized carbons (Fsp3) is 0.0800. The minimum atomic E-state index is -0.288.